The fourth-order valence-corrected chi connectivity index (χ4v) is 0.875. The van der Waals surface area contributed by atoms with Crippen molar-refractivity contribution in [3.05, 3.63) is 0 Å². The Morgan fingerprint density at radius 1 is 1.40 bits per heavy atom. The number of carboxylic acid groups (broad SMARTS) is 1. The van der Waals surface area contributed by atoms with Crippen molar-refractivity contribution in [2.24, 2.45) is 5.73 Å². The van der Waals surface area contributed by atoms with E-state index in [-0.39, 0.29) is 19.5 Å². The number of amides is 3. The van der Waals surface area contributed by atoms with Gasteiger partial charge in [-0.05, 0) is 6.42 Å². The molecule has 0 unspecified atom stereocenters. The van der Waals surface area contributed by atoms with E-state index in [1.54, 1.807) is 0 Å². The first kappa shape index (κ1) is 13.2. The number of hydrogen-bond donors (Lipinski definition) is 3. The average molecular weight is 217 g/mol. The molecule has 0 aliphatic heterocycles. The molecule has 0 radical (unpaired) electrons. The van der Waals surface area contributed by atoms with Gasteiger partial charge in [-0.2, -0.15) is 0 Å². The van der Waals surface area contributed by atoms with Crippen molar-refractivity contribution in [1.82, 2.24) is 10.2 Å². The first-order valence-corrected chi connectivity index (χ1v) is 4.42. The number of hydrogen-bond acceptors (Lipinski definition) is 3. The predicted octanol–water partition coefficient (Wildman–Crippen LogP) is -1.02. The second kappa shape index (κ2) is 6.63. The van der Waals surface area contributed by atoms with Crippen LogP contribution >= 0.6 is 0 Å². The second-order valence-electron chi connectivity index (χ2n) is 3.05. The van der Waals surface area contributed by atoms with E-state index in [1.807, 2.05) is 0 Å². The summed E-state index contributed by atoms with van der Waals surface area (Å²) >= 11 is 0. The van der Waals surface area contributed by atoms with Gasteiger partial charge in [-0.25, -0.2) is 4.79 Å². The summed E-state index contributed by atoms with van der Waals surface area (Å²) in [6.07, 6.45) is 0.352. The fourth-order valence-electron chi connectivity index (χ4n) is 0.875. The minimum atomic E-state index is -0.908. The van der Waals surface area contributed by atoms with Gasteiger partial charge in [-0.3, -0.25) is 9.59 Å². The van der Waals surface area contributed by atoms with E-state index in [2.05, 4.69) is 5.32 Å². The molecule has 0 saturated heterocycles. The van der Waals surface area contributed by atoms with Crippen molar-refractivity contribution in [1.29, 1.82) is 0 Å². The van der Waals surface area contributed by atoms with Crippen LogP contribution in [-0.4, -0.2) is 48.1 Å². The molecular formula is C8H15N3O4. The van der Waals surface area contributed by atoms with E-state index in [0.29, 0.717) is 6.42 Å². The summed E-state index contributed by atoms with van der Waals surface area (Å²) in [6, 6.07) is -0.445. The van der Waals surface area contributed by atoms with Crippen molar-refractivity contribution in [3.63, 3.8) is 0 Å². The molecule has 0 aliphatic carbocycles. The van der Waals surface area contributed by atoms with Crippen molar-refractivity contribution in [3.8, 4) is 0 Å². The zero-order valence-corrected chi connectivity index (χ0v) is 8.52. The maximum atomic E-state index is 11.2. The zero-order chi connectivity index (χ0) is 11.8. The van der Waals surface area contributed by atoms with E-state index in [4.69, 9.17) is 10.8 Å². The smallest absolute Gasteiger partial charge is 0.317 e. The van der Waals surface area contributed by atoms with Crippen molar-refractivity contribution >= 4 is 17.9 Å². The number of aliphatic carboxylic acids is 1. The van der Waals surface area contributed by atoms with E-state index in [0.717, 1.165) is 4.90 Å². The quantitative estimate of drug-likeness (QED) is 0.494. The van der Waals surface area contributed by atoms with Crippen LogP contribution in [0.25, 0.3) is 0 Å². The molecular weight excluding hydrogens is 202 g/mol. The Bertz CT molecular complexity index is 254. The number of nitrogens with two attached hydrogens (primary N) is 1. The summed E-state index contributed by atoms with van der Waals surface area (Å²) in [5.74, 6) is -1.51. The highest BCUT2D eigenvalue weighted by Crippen LogP contribution is 1.88. The monoisotopic (exact) mass is 217 g/mol. The van der Waals surface area contributed by atoms with Gasteiger partial charge in [-0.15, -0.1) is 0 Å². The third kappa shape index (κ3) is 7.29. The summed E-state index contributed by atoms with van der Waals surface area (Å²) in [7, 11) is 1.43. The molecule has 0 atom stereocenters. The lowest BCUT2D eigenvalue weighted by atomic mass is 10.3. The minimum Gasteiger partial charge on any atom is -0.481 e. The Labute approximate surface area is 87.2 Å². The molecule has 0 aromatic carbocycles. The van der Waals surface area contributed by atoms with E-state index < -0.39 is 17.9 Å². The van der Waals surface area contributed by atoms with Gasteiger partial charge in [0.05, 0.1) is 0 Å². The van der Waals surface area contributed by atoms with E-state index in [1.165, 1.54) is 7.05 Å². The molecule has 0 fully saturated rings. The van der Waals surface area contributed by atoms with Gasteiger partial charge in [0.1, 0.15) is 6.54 Å². The molecule has 86 valence electrons. The number of likely N-dealkylation sites (N-methyl/N-ethyl adjacent to an activating group) is 1. The summed E-state index contributed by atoms with van der Waals surface area (Å²) < 4.78 is 0. The van der Waals surface area contributed by atoms with Crippen LogP contribution in [0.5, 0.6) is 0 Å². The molecule has 0 bridgehead atoms. The molecule has 0 saturated carbocycles. The molecule has 0 aromatic heterocycles. The molecule has 4 N–H and O–H groups in total. The fraction of sp³-hybridized carbons (Fsp3) is 0.625. The Morgan fingerprint density at radius 3 is 2.47 bits per heavy atom. The summed E-state index contributed by atoms with van der Waals surface area (Å²) in [4.78, 5) is 32.9. The number of nitrogens with zero attached hydrogens (tertiary/aromatic N) is 1. The highest BCUT2D eigenvalue weighted by Gasteiger charge is 2.09. The number of primary amides is 1. The van der Waals surface area contributed by atoms with Crippen LogP contribution in [-0.2, 0) is 9.59 Å². The summed E-state index contributed by atoms with van der Waals surface area (Å²) in [5.41, 5.74) is 4.89. The van der Waals surface area contributed by atoms with Gasteiger partial charge in [-0.1, -0.05) is 0 Å². The average Bonchev–Trinajstić information content (AvgIpc) is 2.10. The van der Waals surface area contributed by atoms with Gasteiger partial charge >= 0.3 is 12.0 Å². The third-order valence-corrected chi connectivity index (χ3v) is 1.58. The Hall–Kier alpha value is -1.79. The minimum absolute atomic E-state index is 0.000185. The number of nitrogens with one attached hydrogen (secondary N) is 1. The number of rotatable bonds is 6. The molecule has 7 heteroatoms. The molecule has 0 heterocycles. The SMILES string of the molecule is CN(CC(N)=O)C(=O)NCCCC(=O)O. The highest BCUT2D eigenvalue weighted by atomic mass is 16.4. The van der Waals surface area contributed by atoms with Crippen LogP contribution in [0.2, 0.25) is 0 Å². The van der Waals surface area contributed by atoms with Crippen LogP contribution in [0.3, 0.4) is 0 Å². The second-order valence-corrected chi connectivity index (χ2v) is 3.05. The Kier molecular flexibility index (Phi) is 5.84. The van der Waals surface area contributed by atoms with Crippen LogP contribution in [0.15, 0.2) is 0 Å². The van der Waals surface area contributed by atoms with Gasteiger partial charge in [0.15, 0.2) is 0 Å². The van der Waals surface area contributed by atoms with Crippen LogP contribution in [0.4, 0.5) is 4.79 Å². The Balaban J connectivity index is 3.64. The number of urea groups is 1. The number of carbonyl (C=O) groups is 3. The molecule has 0 aromatic rings. The van der Waals surface area contributed by atoms with E-state index in [9.17, 15) is 14.4 Å². The van der Waals surface area contributed by atoms with Crippen LogP contribution < -0.4 is 11.1 Å². The van der Waals surface area contributed by atoms with Crippen LogP contribution in [0, 0.1) is 0 Å². The molecule has 0 rings (SSSR count). The standard InChI is InChI=1S/C8H15N3O4/c1-11(5-6(9)12)8(15)10-4-2-3-7(13)14/h2-5H2,1H3,(H2,9,12)(H,10,15)(H,13,14). The lowest BCUT2D eigenvalue weighted by Crippen LogP contribution is -2.42. The van der Waals surface area contributed by atoms with Gasteiger partial charge in [0.2, 0.25) is 5.91 Å². The third-order valence-electron chi connectivity index (χ3n) is 1.58. The van der Waals surface area contributed by atoms with Crippen LogP contribution in [0.1, 0.15) is 12.8 Å². The van der Waals surface area contributed by atoms with E-state index >= 15 is 0 Å². The van der Waals surface area contributed by atoms with Crippen molar-refractivity contribution in [2.45, 2.75) is 12.8 Å². The Morgan fingerprint density at radius 2 is 2.00 bits per heavy atom. The lowest BCUT2D eigenvalue weighted by Gasteiger charge is -2.15. The zero-order valence-electron chi connectivity index (χ0n) is 8.52. The maximum Gasteiger partial charge on any atom is 0.317 e. The summed E-state index contributed by atoms with van der Waals surface area (Å²) in [5, 5.41) is 10.8. The maximum absolute atomic E-state index is 11.2. The molecule has 15 heavy (non-hydrogen) atoms. The van der Waals surface area contributed by atoms with Crippen molar-refractivity contribution in [2.75, 3.05) is 20.1 Å². The molecule has 3 amide bonds. The summed E-state index contributed by atoms with van der Waals surface area (Å²) in [6.45, 7) is 0.0962. The number of carboxylic acids is 1. The largest absolute Gasteiger partial charge is 0.481 e. The molecule has 0 aliphatic rings. The van der Waals surface area contributed by atoms with Gasteiger partial charge < -0.3 is 21.1 Å². The number of carbonyl (C=O) groups excluding carboxylic acids is 2. The first-order valence-electron chi connectivity index (χ1n) is 4.42. The van der Waals surface area contributed by atoms with Gasteiger partial charge in [0, 0.05) is 20.0 Å². The van der Waals surface area contributed by atoms with Crippen molar-refractivity contribution < 1.29 is 19.5 Å². The topological polar surface area (TPSA) is 113 Å². The molecule has 7 nitrogen and oxygen atoms in total. The predicted molar refractivity (Wildman–Crippen MR) is 52.1 cm³/mol. The normalized spacial score (nSPS) is 9.40. The lowest BCUT2D eigenvalue weighted by molar-refractivity contribution is -0.137. The highest BCUT2D eigenvalue weighted by molar-refractivity contribution is 5.82. The first-order chi connectivity index (χ1) is 6.93. The molecule has 0 spiro atoms. The van der Waals surface area contributed by atoms with Gasteiger partial charge in [0.25, 0.3) is 0 Å².